The molecule has 7 nitrogen and oxygen atoms in total. The van der Waals surface area contributed by atoms with Crippen LogP contribution in [-0.2, 0) is 9.53 Å². The van der Waals surface area contributed by atoms with Gasteiger partial charge in [-0.1, -0.05) is 12.1 Å². The Balaban J connectivity index is 1.91. The van der Waals surface area contributed by atoms with Crippen LogP contribution in [0.15, 0.2) is 53.6 Å². The number of rotatable bonds is 7. The Labute approximate surface area is 145 Å². The van der Waals surface area contributed by atoms with Gasteiger partial charge in [-0.2, -0.15) is 5.10 Å². The van der Waals surface area contributed by atoms with Crippen LogP contribution >= 0.6 is 0 Å². The fourth-order valence-corrected chi connectivity index (χ4v) is 1.91. The number of esters is 1. The molecule has 0 aliphatic carbocycles. The quantitative estimate of drug-likeness (QED) is 0.472. The monoisotopic (exact) mass is 342 g/mol. The molecule has 0 heterocycles. The third-order valence-electron chi connectivity index (χ3n) is 3.20. The first kappa shape index (κ1) is 18.0. The zero-order valence-corrected chi connectivity index (χ0v) is 13.9. The summed E-state index contributed by atoms with van der Waals surface area (Å²) in [5, 5.41) is 3.92. The van der Waals surface area contributed by atoms with Gasteiger partial charge < -0.3 is 14.2 Å². The number of ether oxygens (including phenoxy) is 3. The maximum atomic E-state index is 12.1. The molecule has 0 atom stereocenters. The summed E-state index contributed by atoms with van der Waals surface area (Å²) >= 11 is 0. The molecule has 25 heavy (non-hydrogen) atoms. The van der Waals surface area contributed by atoms with E-state index >= 15 is 0 Å². The van der Waals surface area contributed by atoms with E-state index in [-0.39, 0.29) is 12.5 Å². The molecule has 2 aromatic rings. The molecule has 0 saturated heterocycles. The molecule has 130 valence electrons. The highest BCUT2D eigenvalue weighted by Gasteiger charge is 2.09. The van der Waals surface area contributed by atoms with Gasteiger partial charge in [0.1, 0.15) is 11.5 Å². The van der Waals surface area contributed by atoms with E-state index in [1.165, 1.54) is 20.4 Å². The maximum absolute atomic E-state index is 12.1. The lowest BCUT2D eigenvalue weighted by Gasteiger charge is -2.06. The van der Waals surface area contributed by atoms with Crippen LogP contribution in [0.25, 0.3) is 0 Å². The summed E-state index contributed by atoms with van der Waals surface area (Å²) in [6, 6.07) is 13.7. The number of carbonyl (C=O) groups excluding carboxylic acids is 2. The van der Waals surface area contributed by atoms with Crippen LogP contribution in [0, 0.1) is 0 Å². The summed E-state index contributed by atoms with van der Waals surface area (Å²) in [5.74, 6) is 0.180. The van der Waals surface area contributed by atoms with E-state index in [2.05, 4.69) is 15.3 Å². The minimum Gasteiger partial charge on any atom is -0.496 e. The van der Waals surface area contributed by atoms with E-state index in [0.717, 1.165) is 5.56 Å². The largest absolute Gasteiger partial charge is 0.496 e. The molecule has 0 fully saturated rings. The molecule has 0 spiro atoms. The number of para-hydroxylation sites is 1. The lowest BCUT2D eigenvalue weighted by atomic mass is 10.2. The van der Waals surface area contributed by atoms with Crippen LogP contribution < -0.4 is 14.9 Å². The predicted molar refractivity (Wildman–Crippen MR) is 92.0 cm³/mol. The first-order valence-corrected chi connectivity index (χ1v) is 7.40. The third kappa shape index (κ3) is 5.35. The molecule has 0 aliphatic rings. The van der Waals surface area contributed by atoms with Crippen molar-refractivity contribution in [3.63, 3.8) is 0 Å². The van der Waals surface area contributed by atoms with Crippen LogP contribution in [0.3, 0.4) is 0 Å². The molecule has 1 amide bonds. The summed E-state index contributed by atoms with van der Waals surface area (Å²) in [7, 11) is 2.80. The zero-order valence-electron chi connectivity index (χ0n) is 13.9. The minimum absolute atomic E-state index is 0.154. The van der Waals surface area contributed by atoms with Gasteiger partial charge in [0.15, 0.2) is 6.61 Å². The number of hydrogen-bond acceptors (Lipinski definition) is 6. The number of benzene rings is 2. The number of nitrogens with one attached hydrogen (secondary N) is 1. The molecular weight excluding hydrogens is 324 g/mol. The van der Waals surface area contributed by atoms with Crippen molar-refractivity contribution in [2.75, 3.05) is 20.8 Å². The van der Waals surface area contributed by atoms with Crippen molar-refractivity contribution in [1.82, 2.24) is 5.43 Å². The minimum atomic E-state index is -0.454. The highest BCUT2D eigenvalue weighted by atomic mass is 16.6. The molecule has 1 N–H and O–H groups in total. The number of carbonyl (C=O) groups is 2. The Morgan fingerprint density at radius 2 is 1.80 bits per heavy atom. The van der Waals surface area contributed by atoms with E-state index in [0.29, 0.717) is 17.1 Å². The molecule has 2 rings (SSSR count). The summed E-state index contributed by atoms with van der Waals surface area (Å²) in [4.78, 5) is 23.1. The normalized spacial score (nSPS) is 10.3. The second-order valence-corrected chi connectivity index (χ2v) is 4.83. The topological polar surface area (TPSA) is 86.2 Å². The van der Waals surface area contributed by atoms with Crippen molar-refractivity contribution in [2.24, 2.45) is 5.10 Å². The Morgan fingerprint density at radius 3 is 2.48 bits per heavy atom. The Morgan fingerprint density at radius 1 is 1.08 bits per heavy atom. The lowest BCUT2D eigenvalue weighted by molar-refractivity contribution is -0.142. The first-order valence-electron chi connectivity index (χ1n) is 7.40. The molecule has 0 aliphatic heterocycles. The summed E-state index contributed by atoms with van der Waals surface area (Å²) in [5.41, 5.74) is 3.59. The molecule has 0 saturated carbocycles. The highest BCUT2D eigenvalue weighted by Crippen LogP contribution is 2.16. The number of hydrogen-bond donors (Lipinski definition) is 1. The fourth-order valence-electron chi connectivity index (χ4n) is 1.91. The van der Waals surface area contributed by atoms with Gasteiger partial charge in [0.2, 0.25) is 0 Å². The summed E-state index contributed by atoms with van der Waals surface area (Å²) < 4.78 is 14.9. The first-order chi connectivity index (χ1) is 12.1. The Kier molecular flexibility index (Phi) is 6.53. The van der Waals surface area contributed by atoms with Gasteiger partial charge in [-0.15, -0.1) is 0 Å². The molecule has 7 heteroatoms. The predicted octanol–water partition coefficient (Wildman–Crippen LogP) is 2.01. The van der Waals surface area contributed by atoms with E-state index in [9.17, 15) is 9.59 Å². The van der Waals surface area contributed by atoms with Crippen molar-refractivity contribution in [3.05, 3.63) is 59.7 Å². The maximum Gasteiger partial charge on any atom is 0.343 e. The highest BCUT2D eigenvalue weighted by molar-refractivity contribution is 5.97. The molecule has 0 bridgehead atoms. The number of hydrazone groups is 1. The van der Waals surface area contributed by atoms with Gasteiger partial charge in [-0.3, -0.25) is 4.79 Å². The molecule has 2 aromatic carbocycles. The van der Waals surface area contributed by atoms with Crippen LogP contribution in [0.4, 0.5) is 0 Å². The van der Waals surface area contributed by atoms with Crippen LogP contribution in [-0.4, -0.2) is 38.9 Å². The Hall–Kier alpha value is -3.35. The van der Waals surface area contributed by atoms with Gasteiger partial charge >= 0.3 is 5.97 Å². The van der Waals surface area contributed by atoms with Gasteiger partial charge in [0.25, 0.3) is 5.91 Å². The summed E-state index contributed by atoms with van der Waals surface area (Å²) in [6.45, 7) is -0.154. The number of amides is 1. The van der Waals surface area contributed by atoms with Gasteiger partial charge in [-0.25, -0.2) is 10.2 Å². The van der Waals surface area contributed by atoms with Crippen molar-refractivity contribution in [1.29, 1.82) is 0 Å². The van der Waals surface area contributed by atoms with Crippen molar-refractivity contribution < 1.29 is 23.8 Å². The summed E-state index contributed by atoms with van der Waals surface area (Å²) in [6.07, 6.45) is 1.50. The van der Waals surface area contributed by atoms with Crippen LogP contribution in [0.5, 0.6) is 11.5 Å². The number of methoxy groups -OCH3 is 2. The van der Waals surface area contributed by atoms with Crippen LogP contribution in [0.1, 0.15) is 15.9 Å². The molecular formula is C18H18N2O5. The molecule has 0 unspecified atom stereocenters. The second-order valence-electron chi connectivity index (χ2n) is 4.83. The second kappa shape index (κ2) is 9.07. The van der Waals surface area contributed by atoms with Crippen molar-refractivity contribution in [2.45, 2.75) is 0 Å². The Bertz CT molecular complexity index is 756. The average molecular weight is 342 g/mol. The smallest absolute Gasteiger partial charge is 0.343 e. The number of nitrogens with zero attached hydrogens (tertiary/aromatic N) is 1. The van der Waals surface area contributed by atoms with E-state index in [4.69, 9.17) is 9.47 Å². The lowest BCUT2D eigenvalue weighted by Crippen LogP contribution is -2.18. The van der Waals surface area contributed by atoms with Crippen molar-refractivity contribution in [3.8, 4) is 11.5 Å². The van der Waals surface area contributed by atoms with E-state index in [1.54, 1.807) is 48.5 Å². The van der Waals surface area contributed by atoms with Crippen LogP contribution in [0.2, 0.25) is 0 Å². The third-order valence-corrected chi connectivity index (χ3v) is 3.20. The van der Waals surface area contributed by atoms with Crippen molar-refractivity contribution >= 4 is 18.1 Å². The SMILES string of the molecule is COC(=O)COc1ccc(/C=N\NC(=O)c2ccccc2OC)cc1. The fraction of sp³-hybridized carbons (Fsp3) is 0.167. The van der Waals surface area contributed by atoms with Gasteiger partial charge in [0, 0.05) is 0 Å². The van der Waals surface area contributed by atoms with Gasteiger partial charge in [-0.05, 0) is 42.0 Å². The molecule has 0 radical (unpaired) electrons. The van der Waals surface area contributed by atoms with E-state index in [1.807, 2.05) is 0 Å². The molecule has 0 aromatic heterocycles. The standard InChI is InChI=1S/C18H18N2O5/c1-23-16-6-4-3-5-15(16)18(22)20-19-11-13-7-9-14(10-8-13)25-12-17(21)24-2/h3-11H,12H2,1-2H3,(H,20,22)/b19-11-. The van der Waals surface area contributed by atoms with Gasteiger partial charge in [0.05, 0.1) is 26.0 Å². The average Bonchev–Trinajstić information content (AvgIpc) is 2.66. The zero-order chi connectivity index (χ0) is 18.1. The van der Waals surface area contributed by atoms with E-state index < -0.39 is 5.97 Å².